The highest BCUT2D eigenvalue weighted by Gasteiger charge is 2.04. The zero-order valence-electron chi connectivity index (χ0n) is 10.6. The molecule has 4 heteroatoms. The van der Waals surface area contributed by atoms with Gasteiger partial charge in [0.25, 0.3) is 0 Å². The van der Waals surface area contributed by atoms with E-state index in [0.29, 0.717) is 18.7 Å². The van der Waals surface area contributed by atoms with Gasteiger partial charge in [-0.15, -0.1) is 0 Å². The Morgan fingerprint density at radius 3 is 2.63 bits per heavy atom. The minimum absolute atomic E-state index is 0.198. The maximum Gasteiger partial charge on any atom is 0.127 e. The Bertz CT molecular complexity index is 560. The average Bonchev–Trinajstić information content (AvgIpc) is 2.43. The van der Waals surface area contributed by atoms with Crippen molar-refractivity contribution in [2.75, 3.05) is 7.11 Å². The molecule has 0 amide bonds. The lowest BCUT2D eigenvalue weighted by Gasteiger charge is -2.10. The Labute approximate surface area is 120 Å². The molecule has 2 nitrogen and oxygen atoms in total. The van der Waals surface area contributed by atoms with Crippen molar-refractivity contribution in [2.45, 2.75) is 13.1 Å². The molecule has 0 saturated heterocycles. The van der Waals surface area contributed by atoms with Crippen LogP contribution in [0.4, 0.5) is 4.39 Å². The van der Waals surface area contributed by atoms with Gasteiger partial charge in [-0.25, -0.2) is 4.39 Å². The number of hydrogen-bond donors (Lipinski definition) is 1. The third-order valence-corrected chi connectivity index (χ3v) is 3.32. The molecular weight excluding hydrogens is 309 g/mol. The van der Waals surface area contributed by atoms with E-state index >= 15 is 0 Å². The van der Waals surface area contributed by atoms with Gasteiger partial charge < -0.3 is 10.1 Å². The summed E-state index contributed by atoms with van der Waals surface area (Å²) >= 11 is 3.34. The van der Waals surface area contributed by atoms with Gasteiger partial charge in [0.2, 0.25) is 0 Å². The Morgan fingerprint density at radius 2 is 1.84 bits per heavy atom. The molecule has 0 aromatic heterocycles. The molecule has 0 saturated carbocycles. The summed E-state index contributed by atoms with van der Waals surface area (Å²) in [4.78, 5) is 0. The van der Waals surface area contributed by atoms with Crippen molar-refractivity contribution in [2.24, 2.45) is 0 Å². The zero-order valence-corrected chi connectivity index (χ0v) is 12.2. The topological polar surface area (TPSA) is 21.3 Å². The number of hydrogen-bond acceptors (Lipinski definition) is 2. The molecule has 100 valence electrons. The SMILES string of the molecule is COc1ccccc1CNCc1cc(Br)ccc1F. The van der Waals surface area contributed by atoms with Gasteiger partial charge in [-0.1, -0.05) is 34.1 Å². The van der Waals surface area contributed by atoms with E-state index in [2.05, 4.69) is 21.2 Å². The van der Waals surface area contributed by atoms with E-state index in [1.807, 2.05) is 24.3 Å². The minimum atomic E-state index is -0.198. The number of nitrogens with one attached hydrogen (secondary N) is 1. The molecule has 0 bridgehead atoms. The molecule has 2 aromatic rings. The predicted molar refractivity (Wildman–Crippen MR) is 77.6 cm³/mol. The summed E-state index contributed by atoms with van der Waals surface area (Å²) in [6, 6.07) is 12.7. The van der Waals surface area contributed by atoms with Crippen molar-refractivity contribution in [3.63, 3.8) is 0 Å². The van der Waals surface area contributed by atoms with Crippen LogP contribution in [0.5, 0.6) is 5.75 Å². The van der Waals surface area contributed by atoms with Crippen LogP contribution in [0.3, 0.4) is 0 Å². The number of benzene rings is 2. The molecule has 0 unspecified atom stereocenters. The van der Waals surface area contributed by atoms with Crippen LogP contribution in [0.2, 0.25) is 0 Å². The molecular formula is C15H15BrFNO. The molecule has 0 aliphatic rings. The minimum Gasteiger partial charge on any atom is -0.496 e. The van der Waals surface area contributed by atoms with E-state index in [0.717, 1.165) is 15.8 Å². The van der Waals surface area contributed by atoms with Gasteiger partial charge in [0.15, 0.2) is 0 Å². The fraction of sp³-hybridized carbons (Fsp3) is 0.200. The second-order valence-electron chi connectivity index (χ2n) is 4.15. The van der Waals surface area contributed by atoms with Gasteiger partial charge in [-0.2, -0.15) is 0 Å². The number of methoxy groups -OCH3 is 1. The Balaban J connectivity index is 1.98. The predicted octanol–water partition coefficient (Wildman–Crippen LogP) is 3.89. The Hall–Kier alpha value is -1.39. The van der Waals surface area contributed by atoms with Crippen LogP contribution in [0.15, 0.2) is 46.9 Å². The Morgan fingerprint density at radius 1 is 1.11 bits per heavy atom. The standard InChI is InChI=1S/C15H15BrFNO/c1-19-15-5-3-2-4-11(15)9-18-10-12-8-13(16)6-7-14(12)17/h2-8,18H,9-10H2,1H3. The van der Waals surface area contributed by atoms with Gasteiger partial charge in [0.1, 0.15) is 11.6 Å². The smallest absolute Gasteiger partial charge is 0.127 e. The maximum atomic E-state index is 13.6. The summed E-state index contributed by atoms with van der Waals surface area (Å²) < 4.78 is 19.7. The lowest BCUT2D eigenvalue weighted by molar-refractivity contribution is 0.407. The first-order valence-corrected chi connectivity index (χ1v) is 6.76. The summed E-state index contributed by atoms with van der Waals surface area (Å²) in [6.07, 6.45) is 0. The van der Waals surface area contributed by atoms with E-state index in [-0.39, 0.29) is 5.82 Å². The molecule has 0 aliphatic heterocycles. The molecule has 0 heterocycles. The van der Waals surface area contributed by atoms with Crippen molar-refractivity contribution >= 4 is 15.9 Å². The number of rotatable bonds is 5. The summed E-state index contributed by atoms with van der Waals surface area (Å²) in [7, 11) is 1.65. The van der Waals surface area contributed by atoms with E-state index < -0.39 is 0 Å². The first kappa shape index (κ1) is 14.0. The largest absolute Gasteiger partial charge is 0.496 e. The molecule has 1 N–H and O–H groups in total. The van der Waals surface area contributed by atoms with Crippen molar-refractivity contribution in [3.05, 3.63) is 63.9 Å². The second-order valence-corrected chi connectivity index (χ2v) is 5.07. The lowest BCUT2D eigenvalue weighted by atomic mass is 10.2. The highest BCUT2D eigenvalue weighted by Crippen LogP contribution is 2.18. The fourth-order valence-corrected chi connectivity index (χ4v) is 2.27. The van der Waals surface area contributed by atoms with Gasteiger partial charge in [0.05, 0.1) is 7.11 Å². The fourth-order valence-electron chi connectivity index (χ4n) is 1.86. The van der Waals surface area contributed by atoms with Crippen molar-refractivity contribution in [1.82, 2.24) is 5.32 Å². The monoisotopic (exact) mass is 323 g/mol. The molecule has 19 heavy (non-hydrogen) atoms. The first-order valence-electron chi connectivity index (χ1n) is 5.97. The highest BCUT2D eigenvalue weighted by atomic mass is 79.9. The van der Waals surface area contributed by atoms with E-state index in [1.54, 1.807) is 19.2 Å². The normalized spacial score (nSPS) is 10.5. The van der Waals surface area contributed by atoms with Gasteiger partial charge >= 0.3 is 0 Å². The summed E-state index contributed by atoms with van der Waals surface area (Å²) in [5, 5.41) is 3.22. The van der Waals surface area contributed by atoms with E-state index in [4.69, 9.17) is 4.74 Å². The molecule has 0 radical (unpaired) electrons. The zero-order chi connectivity index (χ0) is 13.7. The third kappa shape index (κ3) is 3.78. The van der Waals surface area contributed by atoms with E-state index in [9.17, 15) is 4.39 Å². The van der Waals surface area contributed by atoms with Gasteiger partial charge in [0, 0.05) is 28.7 Å². The maximum absolute atomic E-state index is 13.6. The number of halogens is 2. The average molecular weight is 324 g/mol. The van der Waals surface area contributed by atoms with Crippen molar-refractivity contribution < 1.29 is 9.13 Å². The first-order chi connectivity index (χ1) is 9.20. The molecule has 0 aliphatic carbocycles. The van der Waals surface area contributed by atoms with Crippen LogP contribution >= 0.6 is 15.9 Å². The quantitative estimate of drug-likeness (QED) is 0.901. The molecule has 0 atom stereocenters. The summed E-state index contributed by atoms with van der Waals surface area (Å²) in [5.41, 5.74) is 1.70. The van der Waals surface area contributed by atoms with Crippen LogP contribution in [0.25, 0.3) is 0 Å². The lowest BCUT2D eigenvalue weighted by Crippen LogP contribution is -2.14. The number of para-hydroxylation sites is 1. The van der Waals surface area contributed by atoms with Crippen LogP contribution in [0.1, 0.15) is 11.1 Å². The van der Waals surface area contributed by atoms with Crippen LogP contribution in [-0.4, -0.2) is 7.11 Å². The summed E-state index contributed by atoms with van der Waals surface area (Å²) in [5.74, 6) is 0.639. The van der Waals surface area contributed by atoms with Crippen LogP contribution in [-0.2, 0) is 13.1 Å². The van der Waals surface area contributed by atoms with Gasteiger partial charge in [-0.05, 0) is 24.3 Å². The van der Waals surface area contributed by atoms with Crippen LogP contribution in [0, 0.1) is 5.82 Å². The van der Waals surface area contributed by atoms with Gasteiger partial charge in [-0.3, -0.25) is 0 Å². The molecule has 0 spiro atoms. The van der Waals surface area contributed by atoms with Crippen molar-refractivity contribution in [1.29, 1.82) is 0 Å². The third-order valence-electron chi connectivity index (χ3n) is 2.83. The molecule has 2 rings (SSSR count). The highest BCUT2D eigenvalue weighted by molar-refractivity contribution is 9.10. The molecule has 2 aromatic carbocycles. The second kappa shape index (κ2) is 6.68. The Kier molecular flexibility index (Phi) is 4.93. The molecule has 0 fully saturated rings. The summed E-state index contributed by atoms with van der Waals surface area (Å²) in [6.45, 7) is 1.11. The number of ether oxygens (including phenoxy) is 1. The van der Waals surface area contributed by atoms with Crippen LogP contribution < -0.4 is 10.1 Å². The van der Waals surface area contributed by atoms with E-state index in [1.165, 1.54) is 6.07 Å². The van der Waals surface area contributed by atoms with Crippen molar-refractivity contribution in [3.8, 4) is 5.75 Å².